The van der Waals surface area contributed by atoms with E-state index in [-0.39, 0.29) is 12.1 Å². The molecule has 2 aliphatic heterocycles. The fourth-order valence-corrected chi connectivity index (χ4v) is 4.45. The summed E-state index contributed by atoms with van der Waals surface area (Å²) in [5.41, 5.74) is 1.12. The molecule has 3 heterocycles. The van der Waals surface area contributed by atoms with E-state index in [0.717, 1.165) is 70.0 Å². The van der Waals surface area contributed by atoms with Crippen molar-refractivity contribution in [2.75, 3.05) is 31.2 Å². The standard InChI is InChI=1S/C20H31N5O2/c26-20(22-16-4-2-1-3-5-16)23-17-7-11-25(14-17)19-21-10-6-18(24-19)15-8-12-27-13-9-15/h6,10,15-17H,1-5,7-9,11-14H2,(H2,22,23,26). The van der Waals surface area contributed by atoms with Crippen molar-refractivity contribution in [2.45, 2.75) is 69.4 Å². The molecule has 27 heavy (non-hydrogen) atoms. The number of aromatic nitrogens is 2. The minimum absolute atomic E-state index is 0.0226. The largest absolute Gasteiger partial charge is 0.381 e. The van der Waals surface area contributed by atoms with Crippen LogP contribution in [-0.2, 0) is 4.74 Å². The molecule has 148 valence electrons. The number of hydrogen-bond acceptors (Lipinski definition) is 5. The van der Waals surface area contributed by atoms with Crippen LogP contribution in [0.15, 0.2) is 12.3 Å². The molecule has 3 aliphatic rings. The van der Waals surface area contributed by atoms with Crippen molar-refractivity contribution in [1.29, 1.82) is 0 Å². The lowest BCUT2D eigenvalue weighted by Crippen LogP contribution is -2.47. The number of carbonyl (C=O) groups excluding carboxylic acids is 1. The van der Waals surface area contributed by atoms with Crippen LogP contribution < -0.4 is 15.5 Å². The number of hydrogen-bond donors (Lipinski definition) is 2. The van der Waals surface area contributed by atoms with Gasteiger partial charge in [-0.2, -0.15) is 0 Å². The fraction of sp³-hybridized carbons (Fsp3) is 0.750. The second kappa shape index (κ2) is 8.87. The van der Waals surface area contributed by atoms with Gasteiger partial charge in [0.25, 0.3) is 0 Å². The van der Waals surface area contributed by atoms with Crippen molar-refractivity contribution in [1.82, 2.24) is 20.6 Å². The number of ether oxygens (including phenoxy) is 1. The van der Waals surface area contributed by atoms with Gasteiger partial charge in [0, 0.05) is 56.2 Å². The van der Waals surface area contributed by atoms with Gasteiger partial charge < -0.3 is 20.3 Å². The van der Waals surface area contributed by atoms with Gasteiger partial charge in [-0.15, -0.1) is 0 Å². The van der Waals surface area contributed by atoms with Crippen molar-refractivity contribution in [3.8, 4) is 0 Å². The molecule has 1 aromatic heterocycles. The topological polar surface area (TPSA) is 79.4 Å². The summed E-state index contributed by atoms with van der Waals surface area (Å²) >= 11 is 0. The van der Waals surface area contributed by atoms with E-state index in [2.05, 4.69) is 20.5 Å². The molecule has 7 heteroatoms. The third kappa shape index (κ3) is 4.89. The summed E-state index contributed by atoms with van der Waals surface area (Å²) in [5, 5.41) is 6.28. The van der Waals surface area contributed by atoms with Crippen LogP contribution in [0.25, 0.3) is 0 Å². The van der Waals surface area contributed by atoms with Crippen LogP contribution in [0.3, 0.4) is 0 Å². The average molecular weight is 374 g/mol. The minimum Gasteiger partial charge on any atom is -0.381 e. The zero-order valence-electron chi connectivity index (χ0n) is 16.0. The summed E-state index contributed by atoms with van der Waals surface area (Å²) in [4.78, 5) is 23.8. The van der Waals surface area contributed by atoms with Gasteiger partial charge >= 0.3 is 6.03 Å². The van der Waals surface area contributed by atoms with Gasteiger partial charge in [0.2, 0.25) is 5.95 Å². The van der Waals surface area contributed by atoms with Gasteiger partial charge in [0.05, 0.1) is 0 Å². The molecule has 2 N–H and O–H groups in total. The van der Waals surface area contributed by atoms with Crippen molar-refractivity contribution in [3.63, 3.8) is 0 Å². The Morgan fingerprint density at radius 2 is 1.81 bits per heavy atom. The van der Waals surface area contributed by atoms with Crippen molar-refractivity contribution in [3.05, 3.63) is 18.0 Å². The molecule has 4 rings (SSSR count). The third-order valence-electron chi connectivity index (χ3n) is 6.05. The van der Waals surface area contributed by atoms with E-state index >= 15 is 0 Å². The summed E-state index contributed by atoms with van der Waals surface area (Å²) in [6.07, 6.45) is 10.8. The van der Waals surface area contributed by atoms with Crippen LogP contribution in [0.2, 0.25) is 0 Å². The minimum atomic E-state index is -0.0226. The highest BCUT2D eigenvalue weighted by Gasteiger charge is 2.27. The molecule has 0 spiro atoms. The van der Waals surface area contributed by atoms with E-state index in [1.807, 2.05) is 12.3 Å². The third-order valence-corrected chi connectivity index (χ3v) is 6.05. The first-order chi connectivity index (χ1) is 13.3. The molecule has 7 nitrogen and oxygen atoms in total. The highest BCUT2D eigenvalue weighted by Crippen LogP contribution is 2.27. The lowest BCUT2D eigenvalue weighted by atomic mass is 9.96. The van der Waals surface area contributed by atoms with Crippen LogP contribution in [0.1, 0.15) is 63.0 Å². The van der Waals surface area contributed by atoms with Gasteiger partial charge in [-0.1, -0.05) is 19.3 Å². The highest BCUT2D eigenvalue weighted by atomic mass is 16.5. The average Bonchev–Trinajstić information content (AvgIpc) is 3.18. The first-order valence-electron chi connectivity index (χ1n) is 10.5. The maximum Gasteiger partial charge on any atom is 0.315 e. The molecule has 1 unspecified atom stereocenters. The van der Waals surface area contributed by atoms with Crippen LogP contribution >= 0.6 is 0 Å². The van der Waals surface area contributed by atoms with Crippen LogP contribution in [0.5, 0.6) is 0 Å². The van der Waals surface area contributed by atoms with Gasteiger partial charge in [0.1, 0.15) is 0 Å². The molecule has 1 aromatic rings. The fourth-order valence-electron chi connectivity index (χ4n) is 4.45. The molecule has 1 aliphatic carbocycles. The molecular formula is C20H31N5O2. The Morgan fingerprint density at radius 3 is 2.63 bits per heavy atom. The van der Waals surface area contributed by atoms with E-state index < -0.39 is 0 Å². The molecule has 0 radical (unpaired) electrons. The quantitative estimate of drug-likeness (QED) is 0.848. The Bertz CT molecular complexity index is 629. The van der Waals surface area contributed by atoms with E-state index in [0.29, 0.717) is 12.0 Å². The number of nitrogens with one attached hydrogen (secondary N) is 2. The zero-order chi connectivity index (χ0) is 18.5. The molecule has 1 saturated carbocycles. The van der Waals surface area contributed by atoms with Gasteiger partial charge in [-0.3, -0.25) is 0 Å². The molecule has 3 fully saturated rings. The maximum atomic E-state index is 12.3. The normalized spacial score (nSPS) is 24.7. The van der Waals surface area contributed by atoms with Gasteiger partial charge in [-0.05, 0) is 38.2 Å². The maximum absolute atomic E-state index is 12.3. The predicted octanol–water partition coefficient (Wildman–Crippen LogP) is 2.58. The van der Waals surface area contributed by atoms with E-state index in [4.69, 9.17) is 9.72 Å². The number of rotatable bonds is 4. The second-order valence-corrected chi connectivity index (χ2v) is 8.05. The summed E-state index contributed by atoms with van der Waals surface area (Å²) in [5.74, 6) is 1.26. The molecular weight excluding hydrogens is 342 g/mol. The molecule has 0 bridgehead atoms. The summed E-state index contributed by atoms with van der Waals surface area (Å²) < 4.78 is 5.46. The van der Waals surface area contributed by atoms with E-state index in [1.54, 1.807) is 0 Å². The van der Waals surface area contributed by atoms with Crippen LogP contribution in [-0.4, -0.2) is 54.4 Å². The Hall–Kier alpha value is -1.89. The number of anilines is 1. The van der Waals surface area contributed by atoms with Crippen molar-refractivity contribution < 1.29 is 9.53 Å². The SMILES string of the molecule is O=C(NC1CCCCC1)NC1CCN(c2nccc(C3CCOCC3)n2)C1. The van der Waals surface area contributed by atoms with Crippen molar-refractivity contribution in [2.24, 2.45) is 0 Å². The molecule has 2 amide bonds. The monoisotopic (exact) mass is 373 g/mol. The summed E-state index contributed by atoms with van der Waals surface area (Å²) in [7, 11) is 0. The number of carbonyl (C=O) groups is 1. The highest BCUT2D eigenvalue weighted by molar-refractivity contribution is 5.74. The Labute approximate surface area is 161 Å². The summed E-state index contributed by atoms with van der Waals surface area (Å²) in [6.45, 7) is 3.28. The number of amides is 2. The Morgan fingerprint density at radius 1 is 1.04 bits per heavy atom. The molecule has 2 saturated heterocycles. The molecule has 0 aromatic carbocycles. The van der Waals surface area contributed by atoms with Gasteiger partial charge in [-0.25, -0.2) is 14.8 Å². The van der Waals surface area contributed by atoms with Crippen molar-refractivity contribution >= 4 is 12.0 Å². The smallest absolute Gasteiger partial charge is 0.315 e. The first-order valence-corrected chi connectivity index (χ1v) is 10.5. The van der Waals surface area contributed by atoms with Crippen LogP contribution in [0.4, 0.5) is 10.7 Å². The van der Waals surface area contributed by atoms with Gasteiger partial charge in [0.15, 0.2) is 0 Å². The predicted molar refractivity (Wildman–Crippen MR) is 104 cm³/mol. The first kappa shape index (κ1) is 18.5. The van der Waals surface area contributed by atoms with E-state index in [9.17, 15) is 4.79 Å². The number of nitrogens with zero attached hydrogens (tertiary/aromatic N) is 3. The Kier molecular flexibility index (Phi) is 6.07. The number of urea groups is 1. The van der Waals surface area contributed by atoms with E-state index in [1.165, 1.54) is 19.3 Å². The Balaban J connectivity index is 1.29. The second-order valence-electron chi connectivity index (χ2n) is 8.05. The molecule has 1 atom stereocenters. The summed E-state index contributed by atoms with van der Waals surface area (Å²) in [6, 6.07) is 2.51. The van der Waals surface area contributed by atoms with Crippen LogP contribution in [0, 0.1) is 0 Å². The zero-order valence-corrected chi connectivity index (χ0v) is 16.0. The lowest BCUT2D eigenvalue weighted by molar-refractivity contribution is 0.0845. The lowest BCUT2D eigenvalue weighted by Gasteiger charge is -2.24.